The van der Waals surface area contributed by atoms with Crippen LogP contribution in [0.4, 0.5) is 5.69 Å². The number of hydrogen-bond acceptors (Lipinski definition) is 3. The van der Waals surface area contributed by atoms with Gasteiger partial charge in [-0.1, -0.05) is 32.0 Å². The molecule has 0 amide bonds. The third-order valence-electron chi connectivity index (χ3n) is 6.01. The molecule has 2 atom stereocenters. The van der Waals surface area contributed by atoms with Crippen molar-refractivity contribution in [2.24, 2.45) is 0 Å². The molecule has 162 valence electrons. The van der Waals surface area contributed by atoms with E-state index in [0.29, 0.717) is 17.6 Å². The summed E-state index contributed by atoms with van der Waals surface area (Å²) in [6.07, 6.45) is 5.64. The van der Waals surface area contributed by atoms with Gasteiger partial charge in [0.05, 0.1) is 24.5 Å². The van der Waals surface area contributed by atoms with Gasteiger partial charge in [0.1, 0.15) is 11.8 Å². The summed E-state index contributed by atoms with van der Waals surface area (Å²) in [6.45, 7) is 5.07. The van der Waals surface area contributed by atoms with Crippen molar-refractivity contribution in [3.63, 3.8) is 0 Å². The van der Waals surface area contributed by atoms with Gasteiger partial charge < -0.3 is 19.2 Å². The van der Waals surface area contributed by atoms with Crippen LogP contribution in [0.15, 0.2) is 89.8 Å². The first kappa shape index (κ1) is 20.5. The fourth-order valence-electron chi connectivity index (χ4n) is 4.36. The van der Waals surface area contributed by atoms with Crippen LogP contribution >= 0.6 is 12.2 Å². The number of nitrogens with one attached hydrogen (secondary N) is 1. The molecule has 6 heteroatoms. The zero-order valence-corrected chi connectivity index (χ0v) is 19.0. The van der Waals surface area contributed by atoms with Crippen LogP contribution < -0.4 is 10.2 Å². The van der Waals surface area contributed by atoms with Gasteiger partial charge in [0.25, 0.3) is 0 Å². The van der Waals surface area contributed by atoms with Gasteiger partial charge in [0.15, 0.2) is 5.11 Å². The van der Waals surface area contributed by atoms with E-state index in [1.165, 1.54) is 5.56 Å². The molecule has 1 aromatic carbocycles. The van der Waals surface area contributed by atoms with Crippen LogP contribution in [0.2, 0.25) is 0 Å². The van der Waals surface area contributed by atoms with Gasteiger partial charge in [0.2, 0.25) is 0 Å². The Balaban J connectivity index is 1.58. The maximum absolute atomic E-state index is 5.85. The van der Waals surface area contributed by atoms with Crippen LogP contribution in [0.3, 0.4) is 0 Å². The molecule has 1 aliphatic rings. The summed E-state index contributed by atoms with van der Waals surface area (Å²) in [6, 6.07) is 22.8. The normalized spacial score (nSPS) is 18.3. The second kappa shape index (κ2) is 8.63. The van der Waals surface area contributed by atoms with E-state index in [0.717, 1.165) is 22.8 Å². The monoisotopic (exact) mass is 442 g/mol. The number of hydrogen-bond donors (Lipinski definition) is 1. The molecule has 2 unspecified atom stereocenters. The zero-order valence-electron chi connectivity index (χ0n) is 18.2. The largest absolute Gasteiger partial charge is 0.467 e. The third kappa shape index (κ3) is 3.82. The molecule has 0 spiro atoms. The molecular formula is C26H26N4OS. The smallest absolute Gasteiger partial charge is 0.174 e. The highest BCUT2D eigenvalue weighted by molar-refractivity contribution is 7.80. The molecule has 0 saturated carbocycles. The summed E-state index contributed by atoms with van der Waals surface area (Å²) in [5.74, 6) is 1.40. The van der Waals surface area contributed by atoms with E-state index in [-0.39, 0.29) is 12.1 Å². The fraction of sp³-hybridized carbons (Fsp3) is 0.231. The Morgan fingerprint density at radius 2 is 1.88 bits per heavy atom. The molecule has 5 nitrogen and oxygen atoms in total. The number of pyridine rings is 1. The Bertz CT molecular complexity index is 1180. The minimum atomic E-state index is -0.0706. The van der Waals surface area contributed by atoms with Crippen molar-refractivity contribution in [3.05, 3.63) is 108 Å². The summed E-state index contributed by atoms with van der Waals surface area (Å²) in [7, 11) is 0. The van der Waals surface area contributed by atoms with Crippen LogP contribution in [0.1, 0.15) is 54.6 Å². The maximum atomic E-state index is 5.85. The zero-order chi connectivity index (χ0) is 22.1. The van der Waals surface area contributed by atoms with Crippen molar-refractivity contribution < 1.29 is 4.42 Å². The SMILES string of the molecule is CC(C)c1ccc(N2C(=S)NC(c3ccccn3)C2c2cccn2Cc2ccco2)cc1. The molecule has 4 aromatic rings. The Hall–Kier alpha value is -3.38. The molecule has 0 aliphatic carbocycles. The van der Waals surface area contributed by atoms with E-state index in [9.17, 15) is 0 Å². The predicted molar refractivity (Wildman–Crippen MR) is 131 cm³/mol. The molecular weight excluding hydrogens is 416 g/mol. The van der Waals surface area contributed by atoms with Crippen molar-refractivity contribution in [3.8, 4) is 0 Å². The summed E-state index contributed by atoms with van der Waals surface area (Å²) >= 11 is 5.85. The van der Waals surface area contributed by atoms with Crippen molar-refractivity contribution in [1.29, 1.82) is 0 Å². The van der Waals surface area contributed by atoms with Crippen LogP contribution in [0.5, 0.6) is 0 Å². The van der Waals surface area contributed by atoms with Gasteiger partial charge in [-0.3, -0.25) is 4.98 Å². The average Bonchev–Trinajstić information content (AvgIpc) is 3.55. The molecule has 1 aliphatic heterocycles. The molecule has 1 N–H and O–H groups in total. The van der Waals surface area contributed by atoms with Crippen molar-refractivity contribution in [2.75, 3.05) is 4.90 Å². The van der Waals surface area contributed by atoms with Crippen LogP contribution in [-0.4, -0.2) is 14.7 Å². The number of rotatable bonds is 6. The van der Waals surface area contributed by atoms with Gasteiger partial charge in [-0.05, 0) is 72.2 Å². The van der Waals surface area contributed by atoms with Gasteiger partial charge in [0, 0.05) is 23.8 Å². The molecule has 3 aromatic heterocycles. The van der Waals surface area contributed by atoms with Crippen molar-refractivity contribution in [1.82, 2.24) is 14.9 Å². The predicted octanol–water partition coefficient (Wildman–Crippen LogP) is 5.82. The van der Waals surface area contributed by atoms with Gasteiger partial charge >= 0.3 is 0 Å². The van der Waals surface area contributed by atoms with Gasteiger partial charge in [-0.2, -0.15) is 0 Å². The molecule has 1 saturated heterocycles. The lowest BCUT2D eigenvalue weighted by Gasteiger charge is -2.29. The Labute approximate surface area is 193 Å². The van der Waals surface area contributed by atoms with E-state index in [1.54, 1.807) is 6.26 Å². The minimum absolute atomic E-state index is 0.0488. The summed E-state index contributed by atoms with van der Waals surface area (Å²) in [5, 5.41) is 4.24. The lowest BCUT2D eigenvalue weighted by Crippen LogP contribution is -2.30. The first-order valence-electron chi connectivity index (χ1n) is 10.9. The van der Waals surface area contributed by atoms with E-state index in [1.807, 2.05) is 30.5 Å². The minimum Gasteiger partial charge on any atom is -0.467 e. The first-order chi connectivity index (χ1) is 15.6. The standard InChI is InChI=1S/C26H26N4OS/c1-18(2)19-10-12-20(13-11-19)30-25(24(28-26(30)32)22-8-3-4-14-27-22)23-9-5-15-29(23)17-21-7-6-16-31-21/h3-16,18,24-25H,17H2,1-2H3,(H,28,32). The third-order valence-corrected chi connectivity index (χ3v) is 6.32. The average molecular weight is 443 g/mol. The molecule has 0 bridgehead atoms. The van der Waals surface area contributed by atoms with Crippen LogP contribution in [0, 0.1) is 0 Å². The van der Waals surface area contributed by atoms with Gasteiger partial charge in [-0.25, -0.2) is 0 Å². The quantitative estimate of drug-likeness (QED) is 0.381. The topological polar surface area (TPSA) is 46.2 Å². The number of benzene rings is 1. The number of furan rings is 1. The highest BCUT2D eigenvalue weighted by Crippen LogP contribution is 2.42. The lowest BCUT2D eigenvalue weighted by atomic mass is 9.99. The van der Waals surface area contributed by atoms with Crippen molar-refractivity contribution >= 4 is 23.0 Å². The van der Waals surface area contributed by atoms with Crippen LogP contribution in [-0.2, 0) is 6.54 Å². The first-order valence-corrected chi connectivity index (χ1v) is 11.3. The fourth-order valence-corrected chi connectivity index (χ4v) is 4.71. The van der Waals surface area contributed by atoms with E-state index >= 15 is 0 Å². The molecule has 5 rings (SSSR count). The molecule has 32 heavy (non-hydrogen) atoms. The van der Waals surface area contributed by atoms with E-state index in [4.69, 9.17) is 16.6 Å². The van der Waals surface area contributed by atoms with E-state index < -0.39 is 0 Å². The van der Waals surface area contributed by atoms with Gasteiger partial charge in [-0.15, -0.1) is 0 Å². The van der Waals surface area contributed by atoms with Crippen molar-refractivity contribution in [2.45, 2.75) is 38.4 Å². The summed E-state index contributed by atoms with van der Waals surface area (Å²) in [4.78, 5) is 6.86. The number of aromatic nitrogens is 2. The Kier molecular flexibility index (Phi) is 5.53. The Morgan fingerprint density at radius 3 is 2.56 bits per heavy atom. The highest BCUT2D eigenvalue weighted by Gasteiger charge is 2.42. The summed E-state index contributed by atoms with van der Waals surface area (Å²) in [5.41, 5.74) is 4.50. The lowest BCUT2D eigenvalue weighted by molar-refractivity contribution is 0.475. The number of nitrogens with zero attached hydrogens (tertiary/aromatic N) is 3. The maximum Gasteiger partial charge on any atom is 0.174 e. The highest BCUT2D eigenvalue weighted by atomic mass is 32.1. The second-order valence-electron chi connectivity index (χ2n) is 8.38. The second-order valence-corrected chi connectivity index (χ2v) is 8.77. The Morgan fingerprint density at radius 1 is 1.03 bits per heavy atom. The molecule has 1 fully saturated rings. The molecule has 4 heterocycles. The van der Waals surface area contributed by atoms with E-state index in [2.05, 4.69) is 82.3 Å². The number of thiocarbonyl (C=S) groups is 1. The summed E-state index contributed by atoms with van der Waals surface area (Å²) < 4.78 is 7.84. The molecule has 0 radical (unpaired) electrons. The number of anilines is 1. The van der Waals surface area contributed by atoms with Crippen LogP contribution in [0.25, 0.3) is 0 Å².